The van der Waals surface area contributed by atoms with Crippen molar-refractivity contribution in [2.45, 2.75) is 31.3 Å². The van der Waals surface area contributed by atoms with Crippen LogP contribution in [0.25, 0.3) is 0 Å². The van der Waals surface area contributed by atoms with E-state index >= 15 is 0 Å². The summed E-state index contributed by atoms with van der Waals surface area (Å²) in [6.45, 7) is 0. The summed E-state index contributed by atoms with van der Waals surface area (Å²) in [6, 6.07) is 0. The molecule has 0 spiro atoms. The van der Waals surface area contributed by atoms with Gasteiger partial charge in [0.1, 0.15) is 0 Å². The minimum Gasteiger partial charge on any atom is -0.161 e. The van der Waals surface area contributed by atoms with Gasteiger partial charge < -0.3 is 0 Å². The summed E-state index contributed by atoms with van der Waals surface area (Å²) in [6.07, 6.45) is 4.22. The molecule has 1 unspecified atom stereocenters. The van der Waals surface area contributed by atoms with Crippen LogP contribution in [0.3, 0.4) is 0 Å². The highest BCUT2D eigenvalue weighted by atomic mass is 31.1. The van der Waals surface area contributed by atoms with Gasteiger partial charge in [-0.2, -0.15) is 4.89 Å². The second-order valence-electron chi connectivity index (χ2n) is 2.24. The van der Waals surface area contributed by atoms with Crippen molar-refractivity contribution in [1.29, 1.82) is 0 Å². The van der Waals surface area contributed by atoms with Crippen molar-refractivity contribution in [2.24, 2.45) is 0 Å². The molecule has 1 saturated carbocycles. The van der Waals surface area contributed by atoms with E-state index in [0.29, 0.717) is 0 Å². The van der Waals surface area contributed by atoms with E-state index in [1.54, 1.807) is 0 Å². The first-order valence-electron chi connectivity index (χ1n) is 2.96. The molecule has 1 N–H and O–H groups in total. The Morgan fingerprint density at radius 1 is 1.38 bits per heavy atom. The third-order valence-electron chi connectivity index (χ3n) is 1.64. The van der Waals surface area contributed by atoms with Gasteiger partial charge in [-0.1, -0.05) is 0 Å². The monoisotopic (exact) mass is 133 g/mol. The van der Waals surface area contributed by atoms with Crippen molar-refractivity contribution in [1.82, 2.24) is 0 Å². The zero-order valence-electron chi connectivity index (χ0n) is 4.71. The molecule has 8 heavy (non-hydrogen) atoms. The smallest absolute Gasteiger partial charge is 0.161 e. The van der Waals surface area contributed by atoms with Gasteiger partial charge in [0.05, 0.1) is 0 Å². The summed E-state index contributed by atoms with van der Waals surface area (Å²) in [5.74, 6) is 0. The molecule has 0 aliphatic heterocycles. The molecule has 0 aromatic rings. The second-order valence-corrected chi connectivity index (χ2v) is 3.58. The lowest BCUT2D eigenvalue weighted by Gasteiger charge is -1.84. The first kappa shape index (κ1) is 6.18. The topological polar surface area (TPSA) is 37.3 Å². The van der Waals surface area contributed by atoms with Crippen LogP contribution in [0.5, 0.6) is 0 Å². The van der Waals surface area contributed by atoms with E-state index in [9.17, 15) is 4.57 Å². The van der Waals surface area contributed by atoms with Crippen molar-refractivity contribution >= 4 is 8.03 Å². The molecule has 1 aliphatic rings. The molecule has 1 atom stereocenters. The lowest BCUT2D eigenvalue weighted by atomic mass is 10.4. The van der Waals surface area contributed by atoms with E-state index in [2.05, 4.69) is 0 Å². The number of hydrogen-bond donors (Lipinski definition) is 1. The van der Waals surface area contributed by atoms with Crippen molar-refractivity contribution < 1.29 is 9.46 Å². The molecule has 0 bridgehead atoms. The molecule has 0 saturated heterocycles. The fourth-order valence-electron chi connectivity index (χ4n) is 1.13. The van der Waals surface area contributed by atoms with Crippen molar-refractivity contribution in [3.8, 4) is 0 Å². The Morgan fingerprint density at radius 2 is 1.88 bits per heavy atom. The molecule has 0 radical (unpaired) electrons. The minimum atomic E-state index is -1.85. The van der Waals surface area contributed by atoms with Gasteiger partial charge in [0.25, 0.3) is 0 Å². The lowest BCUT2D eigenvalue weighted by Crippen LogP contribution is -1.90. The van der Waals surface area contributed by atoms with Gasteiger partial charge >= 0.3 is 8.03 Å². The Labute approximate surface area is 49.8 Å². The molecule has 3 heteroatoms. The molecule has 0 aromatic carbocycles. The molecular weight excluding hydrogens is 123 g/mol. The van der Waals surface area contributed by atoms with Crippen LogP contribution in [-0.4, -0.2) is 10.6 Å². The molecule has 1 fully saturated rings. The molecule has 0 aromatic heterocycles. The zero-order chi connectivity index (χ0) is 5.98. The van der Waals surface area contributed by atoms with Gasteiger partial charge in [0.15, 0.2) is 5.66 Å². The van der Waals surface area contributed by atoms with E-state index in [1.165, 1.54) is 0 Å². The fourth-order valence-corrected chi connectivity index (χ4v) is 1.93. The standard InChI is InChI=1S/C5H9O2P/c6-8(7)5-3-1-2-4-5/h5H,1-4H2/p+1. The molecule has 2 nitrogen and oxygen atoms in total. The number of rotatable bonds is 1. The molecule has 46 valence electrons. The van der Waals surface area contributed by atoms with E-state index in [0.717, 1.165) is 25.7 Å². The van der Waals surface area contributed by atoms with Gasteiger partial charge in [-0.05, 0) is 30.2 Å². The average molecular weight is 133 g/mol. The van der Waals surface area contributed by atoms with E-state index in [4.69, 9.17) is 4.89 Å². The third kappa shape index (κ3) is 1.27. The van der Waals surface area contributed by atoms with Gasteiger partial charge in [-0.25, -0.2) is 0 Å². The maximum absolute atomic E-state index is 10.3. The predicted molar refractivity (Wildman–Crippen MR) is 32.1 cm³/mol. The van der Waals surface area contributed by atoms with Crippen LogP contribution in [-0.2, 0) is 4.57 Å². The van der Waals surface area contributed by atoms with Crippen LogP contribution in [0.1, 0.15) is 25.7 Å². The second kappa shape index (κ2) is 2.56. The minimum absolute atomic E-state index is 0.130. The van der Waals surface area contributed by atoms with Crippen LogP contribution in [0.2, 0.25) is 0 Å². The van der Waals surface area contributed by atoms with Crippen LogP contribution in [0.4, 0.5) is 0 Å². The first-order chi connectivity index (χ1) is 3.80. The SMILES string of the molecule is O=[P+](O)C1CCCC1. The van der Waals surface area contributed by atoms with E-state index in [-0.39, 0.29) is 5.66 Å². The van der Waals surface area contributed by atoms with Crippen molar-refractivity contribution in [2.75, 3.05) is 0 Å². The lowest BCUT2D eigenvalue weighted by molar-refractivity contribution is 0.489. The van der Waals surface area contributed by atoms with Crippen LogP contribution in [0.15, 0.2) is 0 Å². The van der Waals surface area contributed by atoms with Gasteiger partial charge in [0.2, 0.25) is 0 Å². The molecule has 0 heterocycles. The summed E-state index contributed by atoms with van der Waals surface area (Å²) in [4.78, 5) is 8.56. The molecule has 0 amide bonds. The van der Waals surface area contributed by atoms with Crippen LogP contribution < -0.4 is 0 Å². The van der Waals surface area contributed by atoms with Crippen molar-refractivity contribution in [3.63, 3.8) is 0 Å². The summed E-state index contributed by atoms with van der Waals surface area (Å²) in [7, 11) is -1.85. The van der Waals surface area contributed by atoms with Crippen LogP contribution >= 0.6 is 8.03 Å². The summed E-state index contributed by atoms with van der Waals surface area (Å²) >= 11 is 0. The quantitative estimate of drug-likeness (QED) is 0.552. The van der Waals surface area contributed by atoms with Crippen molar-refractivity contribution in [3.05, 3.63) is 0 Å². The Morgan fingerprint density at radius 3 is 2.12 bits per heavy atom. The summed E-state index contributed by atoms with van der Waals surface area (Å²) in [5.41, 5.74) is 0.130. The van der Waals surface area contributed by atoms with Gasteiger partial charge in [0, 0.05) is 0 Å². The molecule has 1 rings (SSSR count). The highest BCUT2D eigenvalue weighted by Crippen LogP contribution is 2.35. The Kier molecular flexibility index (Phi) is 1.98. The first-order valence-corrected chi connectivity index (χ1v) is 4.24. The molecule has 1 aliphatic carbocycles. The van der Waals surface area contributed by atoms with E-state index in [1.807, 2.05) is 0 Å². The normalized spacial score (nSPS) is 23.9. The van der Waals surface area contributed by atoms with Crippen LogP contribution in [0, 0.1) is 0 Å². The molecular formula is C5H10O2P+. The Hall–Kier alpha value is 0.0600. The Bertz CT molecular complexity index is 96.6. The highest BCUT2D eigenvalue weighted by molar-refractivity contribution is 7.38. The highest BCUT2D eigenvalue weighted by Gasteiger charge is 2.31. The van der Waals surface area contributed by atoms with Gasteiger partial charge in [-0.3, -0.25) is 0 Å². The fraction of sp³-hybridized carbons (Fsp3) is 1.00. The van der Waals surface area contributed by atoms with E-state index < -0.39 is 8.03 Å². The average Bonchev–Trinajstić information content (AvgIpc) is 2.12. The van der Waals surface area contributed by atoms with Gasteiger partial charge in [-0.15, -0.1) is 0 Å². The zero-order valence-corrected chi connectivity index (χ0v) is 5.60. The third-order valence-corrected chi connectivity index (χ3v) is 2.78. The maximum atomic E-state index is 10.3. The maximum Gasteiger partial charge on any atom is 0.508 e. The number of hydrogen-bond acceptors (Lipinski definition) is 1. The Balaban J connectivity index is 2.35. The summed E-state index contributed by atoms with van der Waals surface area (Å²) in [5, 5.41) is 0. The summed E-state index contributed by atoms with van der Waals surface area (Å²) < 4.78 is 10.3. The largest absolute Gasteiger partial charge is 0.508 e. The predicted octanol–water partition coefficient (Wildman–Crippen LogP) is 1.66.